The summed E-state index contributed by atoms with van der Waals surface area (Å²) < 4.78 is 6.90. The van der Waals surface area contributed by atoms with E-state index in [1.165, 1.54) is 0 Å². The lowest BCUT2D eigenvalue weighted by Crippen LogP contribution is -2.18. The Morgan fingerprint density at radius 2 is 2.24 bits per heavy atom. The maximum atomic E-state index is 10.2. The van der Waals surface area contributed by atoms with E-state index in [0.717, 1.165) is 20.7 Å². The standard InChI is InChI=1S/C13H11BrO2S/c14-8-3-4-11-9(6-8)10(15)7-12(16-11)13-2-1-5-17-13/h1-6,10,12,15H,7H2/t10-,12?/m1/s1. The maximum Gasteiger partial charge on any atom is 0.136 e. The van der Waals surface area contributed by atoms with Gasteiger partial charge in [0.1, 0.15) is 11.9 Å². The van der Waals surface area contributed by atoms with Gasteiger partial charge < -0.3 is 9.84 Å². The number of aliphatic hydroxyl groups is 1. The predicted molar refractivity (Wildman–Crippen MR) is 71.4 cm³/mol. The van der Waals surface area contributed by atoms with Gasteiger partial charge >= 0.3 is 0 Å². The summed E-state index contributed by atoms with van der Waals surface area (Å²) in [6.45, 7) is 0. The molecule has 1 aliphatic rings. The number of hydrogen-bond acceptors (Lipinski definition) is 3. The van der Waals surface area contributed by atoms with Crippen LogP contribution in [0, 0.1) is 0 Å². The van der Waals surface area contributed by atoms with Crippen molar-refractivity contribution in [1.29, 1.82) is 0 Å². The highest BCUT2D eigenvalue weighted by Crippen LogP contribution is 2.42. The first kappa shape index (κ1) is 11.3. The molecular formula is C13H11BrO2S. The van der Waals surface area contributed by atoms with Crippen molar-refractivity contribution >= 4 is 27.3 Å². The smallest absolute Gasteiger partial charge is 0.136 e. The highest BCUT2D eigenvalue weighted by Gasteiger charge is 2.28. The van der Waals surface area contributed by atoms with Crippen LogP contribution in [-0.4, -0.2) is 5.11 Å². The van der Waals surface area contributed by atoms with Crippen LogP contribution in [0.25, 0.3) is 0 Å². The van der Waals surface area contributed by atoms with E-state index in [1.54, 1.807) is 11.3 Å². The Bertz CT molecular complexity index is 524. The molecule has 0 aliphatic carbocycles. The number of hydrogen-bond donors (Lipinski definition) is 1. The van der Waals surface area contributed by atoms with Crippen LogP contribution < -0.4 is 4.74 Å². The Kier molecular flexibility index (Phi) is 2.94. The van der Waals surface area contributed by atoms with Crippen LogP contribution in [0.15, 0.2) is 40.2 Å². The first-order valence-corrected chi connectivity index (χ1v) is 7.09. The zero-order valence-corrected chi connectivity index (χ0v) is 11.4. The third-order valence-corrected chi connectivity index (χ3v) is 4.36. The average Bonchev–Trinajstić information content (AvgIpc) is 2.83. The van der Waals surface area contributed by atoms with Gasteiger partial charge in [-0.3, -0.25) is 0 Å². The minimum Gasteiger partial charge on any atom is -0.484 e. The molecule has 1 aromatic carbocycles. The molecule has 3 rings (SSSR count). The second kappa shape index (κ2) is 4.44. The van der Waals surface area contributed by atoms with Crippen LogP contribution in [0.5, 0.6) is 5.75 Å². The van der Waals surface area contributed by atoms with Crippen molar-refractivity contribution in [3.05, 3.63) is 50.6 Å². The van der Waals surface area contributed by atoms with Crippen LogP contribution in [0.1, 0.15) is 29.1 Å². The molecule has 1 N–H and O–H groups in total. The quantitative estimate of drug-likeness (QED) is 0.860. The first-order chi connectivity index (χ1) is 8.24. The van der Waals surface area contributed by atoms with Gasteiger partial charge in [-0.25, -0.2) is 0 Å². The van der Waals surface area contributed by atoms with E-state index >= 15 is 0 Å². The summed E-state index contributed by atoms with van der Waals surface area (Å²) in [6, 6.07) is 9.81. The summed E-state index contributed by atoms with van der Waals surface area (Å²) in [5, 5.41) is 12.2. The van der Waals surface area contributed by atoms with Crippen molar-refractivity contribution in [2.24, 2.45) is 0 Å². The van der Waals surface area contributed by atoms with Gasteiger partial charge in [0, 0.05) is 21.3 Å². The van der Waals surface area contributed by atoms with Crippen molar-refractivity contribution in [2.75, 3.05) is 0 Å². The van der Waals surface area contributed by atoms with E-state index in [1.807, 2.05) is 35.7 Å². The van der Waals surface area contributed by atoms with Gasteiger partial charge in [0.25, 0.3) is 0 Å². The highest BCUT2D eigenvalue weighted by atomic mass is 79.9. The van der Waals surface area contributed by atoms with Crippen LogP contribution in [0.2, 0.25) is 0 Å². The van der Waals surface area contributed by atoms with Crippen molar-refractivity contribution in [3.8, 4) is 5.75 Å². The van der Waals surface area contributed by atoms with Crippen LogP contribution in [-0.2, 0) is 0 Å². The molecule has 1 aliphatic heterocycles. The SMILES string of the molecule is O[C@@H]1CC(c2cccs2)Oc2ccc(Br)cc21. The van der Waals surface area contributed by atoms with E-state index in [-0.39, 0.29) is 6.10 Å². The number of rotatable bonds is 1. The van der Waals surface area contributed by atoms with Gasteiger partial charge in [0.15, 0.2) is 0 Å². The topological polar surface area (TPSA) is 29.5 Å². The fourth-order valence-electron chi connectivity index (χ4n) is 2.07. The lowest BCUT2D eigenvalue weighted by atomic mass is 9.98. The van der Waals surface area contributed by atoms with E-state index in [0.29, 0.717) is 6.42 Å². The van der Waals surface area contributed by atoms with Gasteiger partial charge in [-0.2, -0.15) is 0 Å². The van der Waals surface area contributed by atoms with Crippen molar-refractivity contribution in [2.45, 2.75) is 18.6 Å². The van der Waals surface area contributed by atoms with Gasteiger partial charge in [0.2, 0.25) is 0 Å². The second-order valence-electron chi connectivity index (χ2n) is 4.06. The molecule has 1 unspecified atom stereocenters. The molecule has 4 heteroatoms. The third kappa shape index (κ3) is 2.12. The predicted octanol–water partition coefficient (Wildman–Crippen LogP) is 4.07. The molecule has 2 atom stereocenters. The van der Waals surface area contributed by atoms with Crippen molar-refractivity contribution in [3.63, 3.8) is 0 Å². The first-order valence-electron chi connectivity index (χ1n) is 5.41. The minimum absolute atomic E-state index is 0.0290. The molecule has 17 heavy (non-hydrogen) atoms. The van der Waals surface area contributed by atoms with E-state index in [9.17, 15) is 5.11 Å². The number of halogens is 1. The molecular weight excluding hydrogens is 300 g/mol. The molecule has 0 amide bonds. The normalized spacial score (nSPS) is 22.9. The average molecular weight is 311 g/mol. The number of fused-ring (bicyclic) bond motifs is 1. The van der Waals surface area contributed by atoms with Gasteiger partial charge in [0.05, 0.1) is 6.10 Å². The number of benzene rings is 1. The van der Waals surface area contributed by atoms with Crippen LogP contribution in [0.3, 0.4) is 0 Å². The summed E-state index contributed by atoms with van der Waals surface area (Å²) in [7, 11) is 0. The second-order valence-corrected chi connectivity index (χ2v) is 5.95. The van der Waals surface area contributed by atoms with E-state index in [4.69, 9.17) is 4.74 Å². The fraction of sp³-hybridized carbons (Fsp3) is 0.231. The molecule has 88 valence electrons. The minimum atomic E-state index is -0.455. The van der Waals surface area contributed by atoms with Crippen LogP contribution in [0.4, 0.5) is 0 Å². The molecule has 0 bridgehead atoms. The Morgan fingerprint density at radius 1 is 1.35 bits per heavy atom. The lowest BCUT2D eigenvalue weighted by Gasteiger charge is -2.29. The number of ether oxygens (including phenoxy) is 1. The summed E-state index contributed by atoms with van der Waals surface area (Å²) in [5.41, 5.74) is 0.868. The van der Waals surface area contributed by atoms with Crippen molar-refractivity contribution < 1.29 is 9.84 Å². The Morgan fingerprint density at radius 3 is 3.00 bits per heavy atom. The lowest BCUT2D eigenvalue weighted by molar-refractivity contribution is 0.0674. The Balaban J connectivity index is 1.96. The van der Waals surface area contributed by atoms with Gasteiger partial charge in [-0.15, -0.1) is 11.3 Å². The summed E-state index contributed by atoms with van der Waals surface area (Å²) in [5.74, 6) is 0.783. The largest absolute Gasteiger partial charge is 0.484 e. The maximum absolute atomic E-state index is 10.2. The summed E-state index contributed by atoms with van der Waals surface area (Å²) >= 11 is 5.07. The highest BCUT2D eigenvalue weighted by molar-refractivity contribution is 9.10. The van der Waals surface area contributed by atoms with Crippen molar-refractivity contribution in [1.82, 2.24) is 0 Å². The monoisotopic (exact) mass is 310 g/mol. The molecule has 0 fully saturated rings. The molecule has 2 heterocycles. The van der Waals surface area contributed by atoms with Gasteiger partial charge in [-0.1, -0.05) is 22.0 Å². The molecule has 2 nitrogen and oxygen atoms in total. The van der Waals surface area contributed by atoms with Gasteiger partial charge in [-0.05, 0) is 29.6 Å². The zero-order chi connectivity index (χ0) is 11.8. The van der Waals surface area contributed by atoms with Crippen LogP contribution >= 0.6 is 27.3 Å². The number of thiophene rings is 1. The molecule has 0 saturated carbocycles. The molecule has 0 radical (unpaired) electrons. The van der Waals surface area contributed by atoms with E-state index < -0.39 is 6.10 Å². The molecule has 0 spiro atoms. The fourth-order valence-corrected chi connectivity index (χ4v) is 3.21. The zero-order valence-electron chi connectivity index (χ0n) is 8.97. The molecule has 2 aromatic rings. The summed E-state index contributed by atoms with van der Waals surface area (Å²) in [6.07, 6.45) is 0.131. The molecule has 0 saturated heterocycles. The molecule has 1 aromatic heterocycles. The Hall–Kier alpha value is -0.840. The third-order valence-electron chi connectivity index (χ3n) is 2.90. The Labute approximate surface area is 112 Å². The number of aliphatic hydroxyl groups excluding tert-OH is 1. The summed E-state index contributed by atoms with van der Waals surface area (Å²) in [4.78, 5) is 1.16. The van der Waals surface area contributed by atoms with E-state index in [2.05, 4.69) is 15.9 Å².